The maximum absolute atomic E-state index is 11.9. The highest BCUT2D eigenvalue weighted by Gasteiger charge is 2.19. The number of rotatable bonds is 8. The summed E-state index contributed by atoms with van der Waals surface area (Å²) in [5.74, 6) is 1.18. The summed E-state index contributed by atoms with van der Waals surface area (Å²) in [4.78, 5) is 0. The molecule has 0 saturated heterocycles. The summed E-state index contributed by atoms with van der Waals surface area (Å²) < 4.78 is 25.2. The number of halogens is 1. The summed E-state index contributed by atoms with van der Waals surface area (Å²) in [6.07, 6.45) is 1.44. The zero-order chi connectivity index (χ0) is 11.9. The van der Waals surface area contributed by atoms with E-state index in [-0.39, 0.29) is 5.75 Å². The van der Waals surface area contributed by atoms with Gasteiger partial charge in [0.2, 0.25) is 10.0 Å². The number of sulfonamides is 1. The molecule has 0 aliphatic rings. The molecule has 0 N–H and O–H groups in total. The molecule has 0 aromatic carbocycles. The Bertz CT molecular complexity index is 252. The van der Waals surface area contributed by atoms with Crippen molar-refractivity contribution in [1.29, 1.82) is 0 Å². The first-order valence-electron chi connectivity index (χ1n) is 5.47. The van der Waals surface area contributed by atoms with Crippen LogP contribution in [0.1, 0.15) is 33.6 Å². The van der Waals surface area contributed by atoms with Gasteiger partial charge in [0, 0.05) is 19.0 Å². The van der Waals surface area contributed by atoms with E-state index in [1.165, 1.54) is 4.31 Å². The Balaban J connectivity index is 4.25. The van der Waals surface area contributed by atoms with Crippen molar-refractivity contribution in [2.75, 3.05) is 24.7 Å². The van der Waals surface area contributed by atoms with Crippen LogP contribution in [0.5, 0.6) is 0 Å². The average Bonchev–Trinajstić information content (AvgIpc) is 2.16. The molecule has 0 radical (unpaired) electrons. The summed E-state index contributed by atoms with van der Waals surface area (Å²) in [7, 11) is -3.07. The fraction of sp³-hybridized carbons (Fsp3) is 1.00. The van der Waals surface area contributed by atoms with E-state index in [1.807, 2.05) is 20.8 Å². The Hall–Kier alpha value is 0.200. The van der Waals surface area contributed by atoms with Crippen molar-refractivity contribution >= 4 is 21.6 Å². The summed E-state index contributed by atoms with van der Waals surface area (Å²) >= 11 is 5.56. The summed E-state index contributed by atoms with van der Waals surface area (Å²) in [5, 5.41) is 0. The highest BCUT2D eigenvalue weighted by molar-refractivity contribution is 7.89. The lowest BCUT2D eigenvalue weighted by Crippen LogP contribution is -2.34. The van der Waals surface area contributed by atoms with Gasteiger partial charge in [-0.05, 0) is 18.8 Å². The van der Waals surface area contributed by atoms with Crippen molar-refractivity contribution in [1.82, 2.24) is 4.31 Å². The molecule has 15 heavy (non-hydrogen) atoms. The molecule has 92 valence electrons. The first-order valence-corrected chi connectivity index (χ1v) is 7.62. The molecule has 0 unspecified atom stereocenters. The second kappa shape index (κ2) is 7.47. The average molecular weight is 256 g/mol. The lowest BCUT2D eigenvalue weighted by molar-refractivity contribution is 0.424. The van der Waals surface area contributed by atoms with Crippen LogP contribution in [0.15, 0.2) is 0 Å². The van der Waals surface area contributed by atoms with Crippen molar-refractivity contribution in [3.8, 4) is 0 Å². The predicted octanol–water partition coefficient (Wildman–Crippen LogP) is 2.31. The van der Waals surface area contributed by atoms with E-state index in [0.29, 0.717) is 24.9 Å². The largest absolute Gasteiger partial charge is 0.214 e. The summed E-state index contributed by atoms with van der Waals surface area (Å²) in [6.45, 7) is 7.01. The van der Waals surface area contributed by atoms with Crippen LogP contribution < -0.4 is 0 Å². The Kier molecular flexibility index (Phi) is 7.57. The topological polar surface area (TPSA) is 37.4 Å². The molecule has 0 amide bonds. The van der Waals surface area contributed by atoms with Crippen LogP contribution in [0.3, 0.4) is 0 Å². The van der Waals surface area contributed by atoms with Gasteiger partial charge in [-0.25, -0.2) is 12.7 Å². The molecule has 0 aromatic heterocycles. The Morgan fingerprint density at radius 3 is 2.33 bits per heavy atom. The molecule has 0 aromatic rings. The first-order chi connectivity index (χ1) is 6.94. The van der Waals surface area contributed by atoms with Crippen molar-refractivity contribution in [3.05, 3.63) is 0 Å². The molecule has 0 fully saturated rings. The van der Waals surface area contributed by atoms with Gasteiger partial charge in [-0.2, -0.15) is 0 Å². The Morgan fingerprint density at radius 1 is 1.33 bits per heavy atom. The molecule has 0 aliphatic heterocycles. The van der Waals surface area contributed by atoms with E-state index in [2.05, 4.69) is 0 Å². The van der Waals surface area contributed by atoms with Gasteiger partial charge in [-0.15, -0.1) is 11.6 Å². The van der Waals surface area contributed by atoms with E-state index in [0.717, 1.165) is 12.8 Å². The molecular formula is C10H22ClNO2S. The quantitative estimate of drug-likeness (QED) is 0.625. The van der Waals surface area contributed by atoms with Crippen LogP contribution in [-0.4, -0.2) is 37.4 Å². The SMILES string of the molecule is CCN(CCCCl)S(=O)(=O)CCC(C)C. The van der Waals surface area contributed by atoms with Crippen LogP contribution in [0.2, 0.25) is 0 Å². The van der Waals surface area contributed by atoms with Crippen LogP contribution in [0.25, 0.3) is 0 Å². The van der Waals surface area contributed by atoms with Crippen LogP contribution in [0.4, 0.5) is 0 Å². The molecule has 0 bridgehead atoms. The van der Waals surface area contributed by atoms with Crippen LogP contribution in [-0.2, 0) is 10.0 Å². The van der Waals surface area contributed by atoms with Crippen LogP contribution >= 0.6 is 11.6 Å². The summed E-state index contributed by atoms with van der Waals surface area (Å²) in [6, 6.07) is 0. The van der Waals surface area contributed by atoms with Gasteiger partial charge in [0.1, 0.15) is 0 Å². The molecule has 0 saturated carbocycles. The second-order valence-corrected chi connectivity index (χ2v) is 6.50. The van der Waals surface area contributed by atoms with Gasteiger partial charge >= 0.3 is 0 Å². The monoisotopic (exact) mass is 255 g/mol. The van der Waals surface area contributed by atoms with Crippen LogP contribution in [0, 0.1) is 5.92 Å². The fourth-order valence-electron chi connectivity index (χ4n) is 1.24. The minimum Gasteiger partial charge on any atom is -0.212 e. The van der Waals surface area contributed by atoms with Gasteiger partial charge in [0.05, 0.1) is 5.75 Å². The number of hydrogen-bond donors (Lipinski definition) is 0. The Morgan fingerprint density at radius 2 is 1.93 bits per heavy atom. The standard InChI is InChI=1S/C10H22ClNO2S/c1-4-12(8-5-7-11)15(13,14)9-6-10(2)3/h10H,4-9H2,1-3H3. The molecule has 0 spiro atoms. The number of alkyl halides is 1. The third kappa shape index (κ3) is 6.38. The maximum Gasteiger partial charge on any atom is 0.214 e. The van der Waals surface area contributed by atoms with Gasteiger partial charge in [-0.1, -0.05) is 20.8 Å². The zero-order valence-electron chi connectivity index (χ0n) is 9.87. The molecule has 3 nitrogen and oxygen atoms in total. The van der Waals surface area contributed by atoms with E-state index < -0.39 is 10.0 Å². The molecule has 0 rings (SSSR count). The summed E-state index contributed by atoms with van der Waals surface area (Å²) in [5.41, 5.74) is 0. The molecular weight excluding hydrogens is 234 g/mol. The third-order valence-electron chi connectivity index (χ3n) is 2.24. The number of hydrogen-bond acceptors (Lipinski definition) is 2. The van der Waals surface area contributed by atoms with Gasteiger partial charge in [0.15, 0.2) is 0 Å². The molecule has 0 atom stereocenters. The van der Waals surface area contributed by atoms with Crippen molar-refractivity contribution in [2.45, 2.75) is 33.6 Å². The van der Waals surface area contributed by atoms with E-state index in [9.17, 15) is 8.42 Å². The molecule has 5 heteroatoms. The van der Waals surface area contributed by atoms with Gasteiger partial charge in [0.25, 0.3) is 0 Å². The Labute approximate surface area is 98.8 Å². The minimum atomic E-state index is -3.07. The number of nitrogens with zero attached hydrogens (tertiary/aromatic N) is 1. The highest BCUT2D eigenvalue weighted by atomic mass is 35.5. The van der Waals surface area contributed by atoms with Gasteiger partial charge in [-0.3, -0.25) is 0 Å². The zero-order valence-corrected chi connectivity index (χ0v) is 11.4. The van der Waals surface area contributed by atoms with E-state index in [4.69, 9.17) is 11.6 Å². The van der Waals surface area contributed by atoms with Crippen molar-refractivity contribution in [2.24, 2.45) is 5.92 Å². The molecule has 0 aliphatic carbocycles. The normalized spacial score (nSPS) is 12.7. The lowest BCUT2D eigenvalue weighted by atomic mass is 10.2. The predicted molar refractivity (Wildman–Crippen MR) is 65.8 cm³/mol. The smallest absolute Gasteiger partial charge is 0.212 e. The maximum atomic E-state index is 11.9. The lowest BCUT2D eigenvalue weighted by Gasteiger charge is -2.20. The highest BCUT2D eigenvalue weighted by Crippen LogP contribution is 2.08. The van der Waals surface area contributed by atoms with E-state index >= 15 is 0 Å². The van der Waals surface area contributed by atoms with Gasteiger partial charge < -0.3 is 0 Å². The molecule has 0 heterocycles. The second-order valence-electron chi connectivity index (χ2n) is 4.03. The third-order valence-corrected chi connectivity index (χ3v) is 4.49. The minimum absolute atomic E-state index is 0.251. The van der Waals surface area contributed by atoms with Crippen molar-refractivity contribution in [3.63, 3.8) is 0 Å². The fourth-order valence-corrected chi connectivity index (χ4v) is 3.19. The van der Waals surface area contributed by atoms with Crippen molar-refractivity contribution < 1.29 is 8.42 Å². The van der Waals surface area contributed by atoms with E-state index in [1.54, 1.807) is 0 Å². The first kappa shape index (κ1) is 15.2.